The Bertz CT molecular complexity index is 600. The van der Waals surface area contributed by atoms with Crippen molar-refractivity contribution in [2.75, 3.05) is 78.6 Å². The molecule has 2 amide bonds. The van der Waals surface area contributed by atoms with Gasteiger partial charge in [-0.15, -0.1) is 0 Å². The average molecular weight is 606 g/mol. The van der Waals surface area contributed by atoms with Gasteiger partial charge < -0.3 is 41.1 Å². The molecule has 0 radical (unpaired) electrons. The van der Waals surface area contributed by atoms with Gasteiger partial charge in [0.25, 0.3) is 0 Å². The number of amides is 2. The number of hydrogen-bond donors (Lipinski definition) is 7. The van der Waals surface area contributed by atoms with Crippen molar-refractivity contribution >= 4 is 11.8 Å². The monoisotopic (exact) mass is 605 g/mol. The van der Waals surface area contributed by atoms with Crippen molar-refractivity contribution < 1.29 is 35.1 Å². The number of carbonyl (C=O) groups is 2. The van der Waals surface area contributed by atoms with Crippen molar-refractivity contribution in [3.63, 3.8) is 0 Å². The maximum absolute atomic E-state index is 12.4. The Kier molecular flexibility index (Phi) is 25.2. The first kappa shape index (κ1) is 40.6. The maximum Gasteiger partial charge on any atom is 0.221 e. The molecule has 0 aromatic rings. The Balaban J connectivity index is 4.35. The lowest BCUT2D eigenvalue weighted by molar-refractivity contribution is -0.121. The van der Waals surface area contributed by atoms with Crippen LogP contribution in [0.5, 0.6) is 0 Å². The van der Waals surface area contributed by atoms with Crippen LogP contribution in [0.2, 0.25) is 0 Å². The number of nitrogens with zero attached hydrogens (tertiary/aromatic N) is 3. The molecular weight excluding hydrogens is 542 g/mol. The highest BCUT2D eigenvalue weighted by molar-refractivity contribution is 5.76. The SMILES string of the molecule is CCC(O)CN(CCCNC(=O)CCN(CCO)CCC(=O)NCCCN(CC(O)CC)CC(O)CC)CC(O)CC. The summed E-state index contributed by atoms with van der Waals surface area (Å²) in [4.78, 5) is 30.7. The van der Waals surface area contributed by atoms with Gasteiger partial charge in [-0.25, -0.2) is 0 Å². The van der Waals surface area contributed by atoms with Gasteiger partial charge >= 0.3 is 0 Å². The predicted octanol–water partition coefficient (Wildman–Crippen LogP) is -0.239. The van der Waals surface area contributed by atoms with Gasteiger partial charge in [-0.3, -0.25) is 19.4 Å². The van der Waals surface area contributed by atoms with Crippen LogP contribution < -0.4 is 10.6 Å². The zero-order chi connectivity index (χ0) is 31.8. The van der Waals surface area contributed by atoms with Gasteiger partial charge in [0.1, 0.15) is 0 Å². The molecule has 0 spiro atoms. The maximum atomic E-state index is 12.4. The fraction of sp³-hybridized carbons (Fsp3) is 0.933. The van der Waals surface area contributed by atoms with Gasteiger partial charge in [-0.1, -0.05) is 27.7 Å². The van der Waals surface area contributed by atoms with E-state index >= 15 is 0 Å². The standard InChI is InChI=1S/C30H63N5O7/c1-5-25(37)21-34(22-26(38)6-2)15-9-13-31-29(41)11-17-33(19-20-36)18-12-30(42)32-14-10-16-35(23-27(39)7-3)24-28(40)8-4/h25-28,36-40H,5-24H2,1-4H3,(H,31,41)(H,32,42). The first-order chi connectivity index (χ1) is 20.1. The van der Waals surface area contributed by atoms with E-state index in [0.29, 0.717) is 111 Å². The zero-order valence-electron chi connectivity index (χ0n) is 26.8. The summed E-state index contributed by atoms with van der Waals surface area (Å²) in [6.07, 6.45) is 2.76. The summed E-state index contributed by atoms with van der Waals surface area (Å²) in [5, 5.41) is 55.2. The highest BCUT2D eigenvalue weighted by Crippen LogP contribution is 2.04. The first-order valence-electron chi connectivity index (χ1n) is 16.1. The molecule has 0 rings (SSSR count). The predicted molar refractivity (Wildman–Crippen MR) is 166 cm³/mol. The van der Waals surface area contributed by atoms with Crippen molar-refractivity contribution in [1.82, 2.24) is 25.3 Å². The second-order valence-electron chi connectivity index (χ2n) is 11.2. The molecule has 12 heteroatoms. The minimum absolute atomic E-state index is 0.0602. The van der Waals surface area contributed by atoms with Crippen LogP contribution in [-0.2, 0) is 9.59 Å². The molecule has 0 aliphatic carbocycles. The number of aliphatic hydroxyl groups excluding tert-OH is 5. The van der Waals surface area contributed by atoms with Crippen LogP contribution in [0.15, 0.2) is 0 Å². The summed E-state index contributed by atoms with van der Waals surface area (Å²) in [7, 11) is 0. The van der Waals surface area contributed by atoms with Gasteiger partial charge in [0.15, 0.2) is 0 Å². The quantitative estimate of drug-likeness (QED) is 0.0591. The highest BCUT2D eigenvalue weighted by Gasteiger charge is 2.16. The van der Waals surface area contributed by atoms with Gasteiger partial charge in [0, 0.05) is 84.8 Å². The first-order valence-corrected chi connectivity index (χ1v) is 16.1. The molecule has 7 N–H and O–H groups in total. The molecule has 0 aromatic heterocycles. The van der Waals surface area contributed by atoms with E-state index in [1.807, 2.05) is 42.4 Å². The second-order valence-corrected chi connectivity index (χ2v) is 11.2. The molecule has 42 heavy (non-hydrogen) atoms. The summed E-state index contributed by atoms with van der Waals surface area (Å²) < 4.78 is 0. The Hall–Kier alpha value is -1.38. The molecule has 4 unspecified atom stereocenters. The minimum Gasteiger partial charge on any atom is -0.395 e. The summed E-state index contributed by atoms with van der Waals surface area (Å²) in [5.41, 5.74) is 0. The molecule has 0 bridgehead atoms. The van der Waals surface area contributed by atoms with Crippen molar-refractivity contribution in [1.29, 1.82) is 0 Å². The van der Waals surface area contributed by atoms with E-state index in [4.69, 9.17) is 0 Å². The molecule has 4 atom stereocenters. The Morgan fingerprint density at radius 2 is 0.881 bits per heavy atom. The van der Waals surface area contributed by atoms with Crippen molar-refractivity contribution in [3.05, 3.63) is 0 Å². The van der Waals surface area contributed by atoms with Crippen molar-refractivity contribution in [2.45, 2.75) is 103 Å². The fourth-order valence-corrected chi connectivity index (χ4v) is 4.46. The number of nitrogens with one attached hydrogen (secondary N) is 2. The summed E-state index contributed by atoms with van der Waals surface area (Å²) in [6.45, 7) is 13.2. The van der Waals surface area contributed by atoms with Crippen LogP contribution in [0, 0.1) is 0 Å². The number of hydrogen-bond acceptors (Lipinski definition) is 10. The highest BCUT2D eigenvalue weighted by atomic mass is 16.3. The second kappa shape index (κ2) is 26.1. The van der Waals surface area contributed by atoms with Gasteiger partial charge in [-0.05, 0) is 38.5 Å². The van der Waals surface area contributed by atoms with Crippen LogP contribution in [0.3, 0.4) is 0 Å². The van der Waals surface area contributed by atoms with E-state index in [9.17, 15) is 35.1 Å². The molecule has 0 saturated carbocycles. The number of carbonyl (C=O) groups excluding carboxylic acids is 2. The molecule has 0 saturated heterocycles. The van der Waals surface area contributed by atoms with Crippen LogP contribution in [0.1, 0.15) is 79.1 Å². The normalized spacial score (nSPS) is 14.8. The number of aliphatic hydroxyl groups is 5. The fourth-order valence-electron chi connectivity index (χ4n) is 4.46. The molecule has 250 valence electrons. The summed E-state index contributed by atoms with van der Waals surface area (Å²) >= 11 is 0. The third-order valence-electron chi connectivity index (χ3n) is 7.43. The van der Waals surface area contributed by atoms with Crippen molar-refractivity contribution in [2.24, 2.45) is 0 Å². The van der Waals surface area contributed by atoms with E-state index in [2.05, 4.69) is 10.6 Å². The largest absolute Gasteiger partial charge is 0.395 e. The molecule has 0 aromatic carbocycles. The Morgan fingerprint density at radius 1 is 0.548 bits per heavy atom. The molecule has 12 nitrogen and oxygen atoms in total. The van der Waals surface area contributed by atoms with E-state index in [1.54, 1.807) is 0 Å². The van der Waals surface area contributed by atoms with Crippen LogP contribution in [0.4, 0.5) is 0 Å². The van der Waals surface area contributed by atoms with Crippen LogP contribution >= 0.6 is 0 Å². The van der Waals surface area contributed by atoms with E-state index in [-0.39, 0.29) is 31.3 Å². The number of rotatable bonds is 28. The van der Waals surface area contributed by atoms with E-state index in [1.165, 1.54) is 0 Å². The van der Waals surface area contributed by atoms with E-state index < -0.39 is 24.4 Å². The Morgan fingerprint density at radius 3 is 1.17 bits per heavy atom. The lowest BCUT2D eigenvalue weighted by atomic mass is 10.2. The van der Waals surface area contributed by atoms with Gasteiger partial charge in [0.05, 0.1) is 31.0 Å². The summed E-state index contributed by atoms with van der Waals surface area (Å²) in [5.74, 6) is -0.191. The molecule has 0 aliphatic heterocycles. The van der Waals surface area contributed by atoms with Gasteiger partial charge in [-0.2, -0.15) is 0 Å². The topological polar surface area (TPSA) is 169 Å². The zero-order valence-corrected chi connectivity index (χ0v) is 26.8. The lowest BCUT2D eigenvalue weighted by Gasteiger charge is -2.26. The lowest BCUT2D eigenvalue weighted by Crippen LogP contribution is -2.40. The van der Waals surface area contributed by atoms with E-state index in [0.717, 1.165) is 0 Å². The van der Waals surface area contributed by atoms with Crippen LogP contribution in [0.25, 0.3) is 0 Å². The third kappa shape index (κ3) is 22.2. The van der Waals surface area contributed by atoms with Crippen molar-refractivity contribution in [3.8, 4) is 0 Å². The third-order valence-corrected chi connectivity index (χ3v) is 7.43. The smallest absolute Gasteiger partial charge is 0.221 e. The molecule has 0 aliphatic rings. The molecule has 0 fully saturated rings. The average Bonchev–Trinajstić information content (AvgIpc) is 2.98. The van der Waals surface area contributed by atoms with Crippen LogP contribution in [-0.4, -0.2) is 155 Å². The minimum atomic E-state index is -0.440. The van der Waals surface area contributed by atoms with Gasteiger partial charge in [0.2, 0.25) is 11.8 Å². The molecular formula is C30H63N5O7. The summed E-state index contributed by atoms with van der Waals surface area (Å²) in [6, 6.07) is 0. The Labute approximate surface area is 254 Å². The molecule has 0 heterocycles.